The first-order valence-electron chi connectivity index (χ1n) is 11.0. The summed E-state index contributed by atoms with van der Waals surface area (Å²) >= 11 is 0. The summed E-state index contributed by atoms with van der Waals surface area (Å²) in [5.41, 5.74) is 4.84. The molecular formula is C28H25ClN4S. The van der Waals surface area contributed by atoms with E-state index in [9.17, 15) is 0 Å². The zero-order valence-corrected chi connectivity index (χ0v) is 20.2. The SMILES string of the molecule is [Cl-].c1ccc(Cn2c(-c3cccnc3)nnc2[S+](Cc2ccccc2)Cc2ccccc2)cc1. The summed E-state index contributed by atoms with van der Waals surface area (Å²) < 4.78 is 2.28. The molecule has 5 aromatic rings. The second-order valence-electron chi connectivity index (χ2n) is 7.87. The number of rotatable bonds is 8. The Labute approximate surface area is 209 Å². The molecule has 4 nitrogen and oxygen atoms in total. The molecule has 170 valence electrons. The number of benzene rings is 3. The van der Waals surface area contributed by atoms with Gasteiger partial charge in [-0.15, -0.1) is 5.10 Å². The second-order valence-corrected chi connectivity index (χ2v) is 9.80. The molecule has 5 rings (SSSR count). The standard InChI is InChI=1S/C28H25N4S.ClH/c1-4-11-23(12-5-1)20-32-27(26-17-10-18-29-19-26)30-31-28(32)33(21-24-13-6-2-7-14-24)22-25-15-8-3-9-16-25;/h1-19H,20-22H2;1H/q+1;/p-1. The Morgan fingerprint density at radius 3 is 1.71 bits per heavy atom. The fraction of sp³-hybridized carbons (Fsp3) is 0.107. The van der Waals surface area contributed by atoms with E-state index in [2.05, 4.69) is 106 Å². The van der Waals surface area contributed by atoms with Crippen molar-refractivity contribution in [2.75, 3.05) is 0 Å². The van der Waals surface area contributed by atoms with Crippen molar-refractivity contribution in [1.29, 1.82) is 0 Å². The highest BCUT2D eigenvalue weighted by atomic mass is 35.5. The van der Waals surface area contributed by atoms with E-state index in [1.165, 1.54) is 16.7 Å². The number of hydrogen-bond acceptors (Lipinski definition) is 3. The van der Waals surface area contributed by atoms with Crippen LogP contribution in [0.1, 0.15) is 16.7 Å². The minimum atomic E-state index is -0.159. The van der Waals surface area contributed by atoms with Gasteiger partial charge in [0, 0.05) is 29.1 Å². The lowest BCUT2D eigenvalue weighted by atomic mass is 10.2. The summed E-state index contributed by atoms with van der Waals surface area (Å²) in [5, 5.41) is 10.5. The zero-order chi connectivity index (χ0) is 22.3. The molecule has 0 aliphatic rings. The third-order valence-corrected chi connectivity index (χ3v) is 7.63. The molecule has 0 aliphatic carbocycles. The van der Waals surface area contributed by atoms with Gasteiger partial charge in [-0.1, -0.05) is 96.1 Å². The molecule has 3 aromatic carbocycles. The van der Waals surface area contributed by atoms with Crippen LogP contribution in [0.3, 0.4) is 0 Å². The monoisotopic (exact) mass is 484 g/mol. The fourth-order valence-electron chi connectivity index (χ4n) is 3.85. The molecule has 0 bridgehead atoms. The van der Waals surface area contributed by atoms with Gasteiger partial charge in [0.15, 0.2) is 5.82 Å². The van der Waals surface area contributed by atoms with Gasteiger partial charge in [-0.3, -0.25) is 9.55 Å². The second kappa shape index (κ2) is 11.6. The van der Waals surface area contributed by atoms with Crippen LogP contribution in [0.5, 0.6) is 0 Å². The Hall–Kier alpha value is -3.41. The maximum atomic E-state index is 4.78. The molecule has 0 spiro atoms. The van der Waals surface area contributed by atoms with Crippen LogP contribution in [0.25, 0.3) is 11.4 Å². The fourth-order valence-corrected chi connectivity index (χ4v) is 6.02. The Morgan fingerprint density at radius 1 is 0.618 bits per heavy atom. The van der Waals surface area contributed by atoms with Crippen molar-refractivity contribution in [3.05, 3.63) is 132 Å². The maximum absolute atomic E-state index is 4.78. The first-order chi connectivity index (χ1) is 16.4. The molecule has 0 aliphatic heterocycles. The maximum Gasteiger partial charge on any atom is 0.346 e. The van der Waals surface area contributed by atoms with Gasteiger partial charge in [0.1, 0.15) is 11.5 Å². The molecule has 6 heteroatoms. The molecule has 0 saturated carbocycles. The quantitative estimate of drug-likeness (QED) is 0.318. The lowest BCUT2D eigenvalue weighted by molar-refractivity contribution is -0.00000674. The Balaban J connectivity index is 0.00000274. The topological polar surface area (TPSA) is 43.6 Å². The average molecular weight is 485 g/mol. The van der Waals surface area contributed by atoms with Gasteiger partial charge in [0.05, 0.1) is 17.4 Å². The van der Waals surface area contributed by atoms with Crippen LogP contribution in [0.2, 0.25) is 0 Å². The van der Waals surface area contributed by atoms with Crippen molar-refractivity contribution in [3.8, 4) is 11.4 Å². The minimum Gasteiger partial charge on any atom is -1.00 e. The number of nitrogens with zero attached hydrogens (tertiary/aromatic N) is 4. The molecule has 0 N–H and O–H groups in total. The molecule has 0 radical (unpaired) electrons. The molecule has 0 amide bonds. The van der Waals surface area contributed by atoms with Crippen LogP contribution in [0, 0.1) is 0 Å². The molecule has 2 heterocycles. The number of halogens is 1. The molecule has 34 heavy (non-hydrogen) atoms. The Bertz CT molecular complexity index is 1240. The normalized spacial score (nSPS) is 10.7. The summed E-state index contributed by atoms with van der Waals surface area (Å²) in [5.74, 6) is 2.71. The summed E-state index contributed by atoms with van der Waals surface area (Å²) in [7, 11) is -0.159. The van der Waals surface area contributed by atoms with E-state index in [-0.39, 0.29) is 23.3 Å². The highest BCUT2D eigenvalue weighted by Crippen LogP contribution is 2.27. The van der Waals surface area contributed by atoms with E-state index in [0.717, 1.165) is 34.6 Å². The predicted molar refractivity (Wildman–Crippen MR) is 135 cm³/mol. The van der Waals surface area contributed by atoms with Gasteiger partial charge in [-0.2, -0.15) is 0 Å². The first kappa shape index (κ1) is 23.7. The molecular weight excluding hydrogens is 460 g/mol. The Morgan fingerprint density at radius 2 is 1.18 bits per heavy atom. The lowest BCUT2D eigenvalue weighted by Gasteiger charge is -2.12. The smallest absolute Gasteiger partial charge is 0.346 e. The van der Waals surface area contributed by atoms with E-state index in [1.54, 1.807) is 6.20 Å². The number of aromatic nitrogens is 4. The molecule has 0 fully saturated rings. The summed E-state index contributed by atoms with van der Waals surface area (Å²) in [4.78, 5) is 4.32. The highest BCUT2D eigenvalue weighted by molar-refractivity contribution is 7.95. The van der Waals surface area contributed by atoms with Crippen molar-refractivity contribution >= 4 is 10.9 Å². The first-order valence-corrected chi connectivity index (χ1v) is 12.6. The van der Waals surface area contributed by atoms with Crippen molar-refractivity contribution in [1.82, 2.24) is 19.7 Å². The van der Waals surface area contributed by atoms with Crippen LogP contribution in [0.4, 0.5) is 0 Å². The summed E-state index contributed by atoms with van der Waals surface area (Å²) in [6.07, 6.45) is 3.65. The minimum absolute atomic E-state index is 0. The van der Waals surface area contributed by atoms with Crippen LogP contribution in [-0.4, -0.2) is 19.7 Å². The Kier molecular flexibility index (Phi) is 8.12. The largest absolute Gasteiger partial charge is 1.00 e. The third-order valence-electron chi connectivity index (χ3n) is 5.45. The third kappa shape index (κ3) is 5.74. The van der Waals surface area contributed by atoms with Crippen LogP contribution in [0.15, 0.2) is 121 Å². The van der Waals surface area contributed by atoms with Crippen molar-refractivity contribution < 1.29 is 12.4 Å². The van der Waals surface area contributed by atoms with Gasteiger partial charge in [0.25, 0.3) is 0 Å². The predicted octanol–water partition coefficient (Wildman–Crippen LogP) is 2.77. The van der Waals surface area contributed by atoms with Gasteiger partial charge in [0.2, 0.25) is 0 Å². The van der Waals surface area contributed by atoms with E-state index >= 15 is 0 Å². The van der Waals surface area contributed by atoms with Crippen LogP contribution >= 0.6 is 0 Å². The lowest BCUT2D eigenvalue weighted by Crippen LogP contribution is -3.00. The molecule has 0 saturated heterocycles. The molecule has 2 aromatic heterocycles. The number of pyridine rings is 1. The number of hydrogen-bond donors (Lipinski definition) is 0. The average Bonchev–Trinajstić information content (AvgIpc) is 3.29. The summed E-state index contributed by atoms with van der Waals surface area (Å²) in [6.45, 7) is 0.723. The van der Waals surface area contributed by atoms with Crippen LogP contribution < -0.4 is 12.4 Å². The van der Waals surface area contributed by atoms with Gasteiger partial charge < -0.3 is 12.4 Å². The van der Waals surface area contributed by atoms with Crippen molar-refractivity contribution in [3.63, 3.8) is 0 Å². The van der Waals surface area contributed by atoms with E-state index < -0.39 is 0 Å². The zero-order valence-electron chi connectivity index (χ0n) is 18.7. The summed E-state index contributed by atoms with van der Waals surface area (Å²) in [6, 6.07) is 35.9. The van der Waals surface area contributed by atoms with Crippen molar-refractivity contribution in [2.45, 2.75) is 23.2 Å². The highest BCUT2D eigenvalue weighted by Gasteiger charge is 2.32. The van der Waals surface area contributed by atoms with E-state index in [1.807, 2.05) is 18.3 Å². The van der Waals surface area contributed by atoms with E-state index in [4.69, 9.17) is 5.10 Å². The van der Waals surface area contributed by atoms with Gasteiger partial charge in [-0.05, 0) is 17.7 Å². The molecule has 0 atom stereocenters. The van der Waals surface area contributed by atoms with Gasteiger partial charge in [-0.25, -0.2) is 0 Å². The van der Waals surface area contributed by atoms with Crippen LogP contribution in [-0.2, 0) is 28.9 Å². The van der Waals surface area contributed by atoms with E-state index in [0.29, 0.717) is 0 Å². The molecule has 0 unspecified atom stereocenters. The van der Waals surface area contributed by atoms with Crippen molar-refractivity contribution in [2.24, 2.45) is 0 Å². The van der Waals surface area contributed by atoms with Gasteiger partial charge >= 0.3 is 5.16 Å².